The summed E-state index contributed by atoms with van der Waals surface area (Å²) in [6.45, 7) is 10.9. The summed E-state index contributed by atoms with van der Waals surface area (Å²) in [5.41, 5.74) is -0.363. The van der Waals surface area contributed by atoms with E-state index in [0.29, 0.717) is 45.8 Å². The standard InChI is InChI=1S/C40H43N9O9S2/c1-7-21-17-40(21,37(53)48-60(54,55)23-12-13-23)47-33(50)26-16-22(19-49(26)35(51)31(39(3,4)5)45-38-43-20(2)30(59-38)36(52)56-6)57-34-29-28(24-10-8-9-11-27(24)58-29)44-32(46-34)25-18-41-14-15-42-25/h7-11,14-15,18,21-23,26,31H,1,12-13,16-17,19H2,2-6H3,(H,43,45)(H,47,50)(H,48,53)/t21-,22-,26+,31-,40-/m1/s1. The maximum absolute atomic E-state index is 14.9. The van der Waals surface area contributed by atoms with Crippen molar-refractivity contribution in [3.05, 3.63) is 66.1 Å². The van der Waals surface area contributed by atoms with E-state index in [-0.39, 0.29) is 41.6 Å². The molecule has 0 bridgehead atoms. The fraction of sp³-hybridized carbons (Fsp3) is 0.425. The van der Waals surface area contributed by atoms with E-state index >= 15 is 0 Å². The Morgan fingerprint density at radius 3 is 2.55 bits per heavy atom. The number of furan rings is 1. The molecule has 4 aromatic heterocycles. The van der Waals surface area contributed by atoms with Crippen molar-refractivity contribution in [1.82, 2.24) is 39.9 Å². The number of amides is 3. The van der Waals surface area contributed by atoms with Gasteiger partial charge in [-0.25, -0.2) is 28.2 Å². The Hall–Kier alpha value is -6.02. The number of nitrogens with one attached hydrogen (secondary N) is 3. The first-order chi connectivity index (χ1) is 28.5. The monoisotopic (exact) mass is 857 g/mol. The Morgan fingerprint density at radius 1 is 1.12 bits per heavy atom. The number of aromatic nitrogens is 5. The molecule has 3 aliphatic rings. The van der Waals surface area contributed by atoms with Crippen LogP contribution in [0.1, 0.15) is 61.8 Å². The highest BCUT2D eigenvalue weighted by Crippen LogP contribution is 2.46. The fourth-order valence-electron chi connectivity index (χ4n) is 7.40. The number of anilines is 1. The molecule has 0 unspecified atom stereocenters. The summed E-state index contributed by atoms with van der Waals surface area (Å²) in [4.78, 5) is 79.7. The van der Waals surface area contributed by atoms with E-state index in [0.717, 1.165) is 11.3 Å². The number of para-hydroxylation sites is 1. The number of sulfonamides is 1. The zero-order valence-corrected chi connectivity index (χ0v) is 35.1. The van der Waals surface area contributed by atoms with Gasteiger partial charge in [0, 0.05) is 30.1 Å². The van der Waals surface area contributed by atoms with Gasteiger partial charge in [0.2, 0.25) is 27.4 Å². The average molecular weight is 858 g/mol. The molecule has 5 atom stereocenters. The molecule has 314 valence electrons. The second kappa shape index (κ2) is 15.2. The Labute approximate surface area is 348 Å². The van der Waals surface area contributed by atoms with E-state index in [1.807, 2.05) is 39.0 Å². The molecule has 2 saturated carbocycles. The number of nitrogens with zero attached hydrogens (tertiary/aromatic N) is 6. The largest absolute Gasteiger partial charge is 0.470 e. The highest BCUT2D eigenvalue weighted by Gasteiger charge is 2.62. The Bertz CT molecular complexity index is 2660. The van der Waals surface area contributed by atoms with Crippen molar-refractivity contribution in [3.63, 3.8) is 0 Å². The molecular weight excluding hydrogens is 815 g/mol. The second-order valence-electron chi connectivity index (χ2n) is 16.3. The number of likely N-dealkylation sites (tertiary alicyclic amines) is 1. The molecule has 2 aliphatic carbocycles. The number of benzene rings is 1. The van der Waals surface area contributed by atoms with Crippen molar-refractivity contribution in [2.24, 2.45) is 11.3 Å². The lowest BCUT2D eigenvalue weighted by molar-refractivity contribution is -0.141. The van der Waals surface area contributed by atoms with Gasteiger partial charge in [-0.1, -0.05) is 50.3 Å². The third kappa shape index (κ3) is 7.64. The number of thiazole rings is 1. The first-order valence-electron chi connectivity index (χ1n) is 19.3. The topological polar surface area (TPSA) is 238 Å². The zero-order valence-electron chi connectivity index (χ0n) is 33.4. The lowest BCUT2D eigenvalue weighted by atomic mass is 9.85. The van der Waals surface area contributed by atoms with Crippen LogP contribution in [0.25, 0.3) is 33.6 Å². The maximum atomic E-state index is 14.9. The third-order valence-electron chi connectivity index (χ3n) is 10.9. The van der Waals surface area contributed by atoms with Crippen molar-refractivity contribution < 1.29 is 41.5 Å². The van der Waals surface area contributed by atoms with Crippen LogP contribution in [0, 0.1) is 18.3 Å². The summed E-state index contributed by atoms with van der Waals surface area (Å²) in [7, 11) is -2.68. The van der Waals surface area contributed by atoms with Crippen LogP contribution in [0.2, 0.25) is 0 Å². The summed E-state index contributed by atoms with van der Waals surface area (Å²) in [6, 6.07) is 5.10. The van der Waals surface area contributed by atoms with Crippen LogP contribution < -0.4 is 20.1 Å². The minimum atomic E-state index is -3.94. The van der Waals surface area contributed by atoms with Gasteiger partial charge >= 0.3 is 5.97 Å². The number of carbonyl (C=O) groups excluding carboxylic acids is 4. The molecule has 20 heteroatoms. The van der Waals surface area contributed by atoms with Crippen LogP contribution in [-0.4, -0.2) is 105 Å². The van der Waals surface area contributed by atoms with Crippen LogP contribution >= 0.6 is 11.3 Å². The van der Waals surface area contributed by atoms with Crippen LogP contribution in [0.3, 0.4) is 0 Å². The Kier molecular flexibility index (Phi) is 10.3. The SMILES string of the molecule is C=C[C@@H]1C[C@]1(NC(=O)[C@@H]1C[C@@H](Oc2nc(-c3cnccn3)nc3c2oc2ccccc23)CN1C(=O)[C@@H](Nc1nc(C)c(C(=O)OC)s1)C(C)(C)C)C(=O)NS(=O)(=O)C1CC1. The van der Waals surface area contributed by atoms with Crippen molar-refractivity contribution in [1.29, 1.82) is 0 Å². The first-order valence-corrected chi connectivity index (χ1v) is 21.6. The lowest BCUT2D eigenvalue weighted by Crippen LogP contribution is -2.58. The normalized spacial score (nSPS) is 21.9. The molecule has 8 rings (SSSR count). The van der Waals surface area contributed by atoms with Gasteiger partial charge in [-0.05, 0) is 43.7 Å². The van der Waals surface area contributed by atoms with Crippen LogP contribution in [0.4, 0.5) is 5.13 Å². The van der Waals surface area contributed by atoms with Crippen molar-refractivity contribution in [2.75, 3.05) is 19.0 Å². The summed E-state index contributed by atoms with van der Waals surface area (Å²) in [5, 5.41) is 6.34. The van der Waals surface area contributed by atoms with Crippen LogP contribution in [0.15, 0.2) is 59.9 Å². The smallest absolute Gasteiger partial charge is 0.350 e. The van der Waals surface area contributed by atoms with Gasteiger partial charge in [-0.15, -0.1) is 6.58 Å². The maximum Gasteiger partial charge on any atom is 0.350 e. The summed E-state index contributed by atoms with van der Waals surface area (Å²) >= 11 is 1.03. The van der Waals surface area contributed by atoms with Crippen molar-refractivity contribution >= 4 is 72.3 Å². The van der Waals surface area contributed by atoms with Crippen LogP contribution in [-0.2, 0) is 29.1 Å². The zero-order chi connectivity index (χ0) is 42.7. The van der Waals surface area contributed by atoms with E-state index in [2.05, 4.69) is 41.9 Å². The van der Waals surface area contributed by atoms with Gasteiger partial charge in [0.15, 0.2) is 11.0 Å². The molecule has 5 heterocycles. The molecular formula is C40H43N9O9S2. The average Bonchev–Trinajstić information content (AvgIpc) is 4.08. The first kappa shape index (κ1) is 40.7. The van der Waals surface area contributed by atoms with E-state index in [9.17, 15) is 27.6 Å². The fourth-order valence-corrected chi connectivity index (χ4v) is 9.68. The second-order valence-corrected chi connectivity index (χ2v) is 19.2. The molecule has 1 aromatic carbocycles. The number of ether oxygens (including phenoxy) is 2. The van der Waals surface area contributed by atoms with Crippen molar-refractivity contribution in [3.8, 4) is 17.4 Å². The number of hydrogen-bond donors (Lipinski definition) is 3. The number of carbonyl (C=O) groups is 4. The van der Waals surface area contributed by atoms with Gasteiger partial charge in [-0.2, -0.15) is 4.98 Å². The minimum absolute atomic E-state index is 0.0458. The number of esters is 1. The molecule has 1 saturated heterocycles. The number of fused-ring (bicyclic) bond motifs is 3. The number of methoxy groups -OCH3 is 1. The van der Waals surface area contributed by atoms with Gasteiger partial charge < -0.3 is 29.4 Å². The minimum Gasteiger partial charge on any atom is -0.470 e. The molecule has 3 N–H and O–H groups in total. The highest BCUT2D eigenvalue weighted by molar-refractivity contribution is 7.91. The Morgan fingerprint density at radius 2 is 1.88 bits per heavy atom. The van der Waals surface area contributed by atoms with Gasteiger partial charge in [0.05, 0.1) is 30.8 Å². The number of aryl methyl sites for hydroxylation is 1. The molecule has 1 aliphatic heterocycles. The van der Waals surface area contributed by atoms with Gasteiger partial charge in [0.25, 0.3) is 11.8 Å². The molecule has 0 radical (unpaired) electrons. The predicted molar refractivity (Wildman–Crippen MR) is 219 cm³/mol. The molecule has 18 nitrogen and oxygen atoms in total. The number of rotatable bonds is 13. The van der Waals surface area contributed by atoms with Gasteiger partial charge in [0.1, 0.15) is 45.4 Å². The van der Waals surface area contributed by atoms with Crippen LogP contribution in [0.5, 0.6) is 5.88 Å². The van der Waals surface area contributed by atoms with Crippen molar-refractivity contribution in [2.45, 2.75) is 82.4 Å². The summed E-state index contributed by atoms with van der Waals surface area (Å²) in [5.74, 6) is -2.93. The molecule has 3 fully saturated rings. The highest BCUT2D eigenvalue weighted by atomic mass is 32.2. The molecule has 3 amide bonds. The van der Waals surface area contributed by atoms with E-state index in [1.165, 1.54) is 36.7 Å². The summed E-state index contributed by atoms with van der Waals surface area (Å²) < 4.78 is 45.5. The van der Waals surface area contributed by atoms with E-state index < -0.39 is 74.0 Å². The lowest BCUT2D eigenvalue weighted by Gasteiger charge is -2.35. The Balaban J connectivity index is 1.15. The molecule has 5 aromatic rings. The quantitative estimate of drug-likeness (QED) is 0.112. The third-order valence-corrected chi connectivity index (χ3v) is 13.8. The van der Waals surface area contributed by atoms with E-state index in [1.54, 1.807) is 13.0 Å². The molecule has 0 spiro atoms. The summed E-state index contributed by atoms with van der Waals surface area (Å²) in [6.07, 6.45) is 6.12. The number of hydrogen-bond acceptors (Lipinski definition) is 16. The molecule has 60 heavy (non-hydrogen) atoms. The van der Waals surface area contributed by atoms with Gasteiger partial charge in [-0.3, -0.25) is 24.1 Å². The predicted octanol–water partition coefficient (Wildman–Crippen LogP) is 3.93. The van der Waals surface area contributed by atoms with E-state index in [4.69, 9.17) is 18.9 Å².